The summed E-state index contributed by atoms with van der Waals surface area (Å²) >= 11 is 0. The molecule has 32 heavy (non-hydrogen) atoms. The third kappa shape index (κ3) is 4.57. The molecule has 0 atom stereocenters. The Morgan fingerprint density at radius 1 is 0.938 bits per heavy atom. The molecule has 0 saturated carbocycles. The molecule has 0 aliphatic carbocycles. The molecule has 0 saturated heterocycles. The van der Waals surface area contributed by atoms with Crippen molar-refractivity contribution in [2.75, 3.05) is 7.11 Å². The molecule has 1 aromatic heterocycles. The second kappa shape index (κ2) is 9.52. The first-order valence-electron chi connectivity index (χ1n) is 10.4. The molecule has 4 nitrogen and oxygen atoms in total. The van der Waals surface area contributed by atoms with E-state index in [0.29, 0.717) is 6.61 Å². The molecule has 1 heterocycles. The molecule has 5 heteroatoms. The summed E-state index contributed by atoms with van der Waals surface area (Å²) in [6.45, 7) is 4.35. The van der Waals surface area contributed by atoms with E-state index >= 15 is 0 Å². The Bertz CT molecular complexity index is 1210. The van der Waals surface area contributed by atoms with Crippen LogP contribution in [0.3, 0.4) is 0 Å². The van der Waals surface area contributed by atoms with Gasteiger partial charge in [0.1, 0.15) is 18.2 Å². The Kier molecular flexibility index (Phi) is 6.36. The molecule has 0 radical (unpaired) electrons. The molecular weight excluding hydrogens is 403 g/mol. The molecule has 162 valence electrons. The van der Waals surface area contributed by atoms with Crippen molar-refractivity contribution in [3.63, 3.8) is 0 Å². The number of aromatic nitrogens is 1. The van der Waals surface area contributed by atoms with Gasteiger partial charge in [0.05, 0.1) is 18.5 Å². The number of hydrogen-bond acceptors (Lipinski definition) is 3. The number of rotatable bonds is 7. The van der Waals surface area contributed by atoms with Crippen molar-refractivity contribution < 1.29 is 14.0 Å². The molecule has 0 N–H and O–H groups in total. The highest BCUT2D eigenvalue weighted by Gasteiger charge is 2.17. The van der Waals surface area contributed by atoms with Crippen LogP contribution in [0.4, 0.5) is 4.39 Å². The van der Waals surface area contributed by atoms with Crippen LogP contribution in [-0.4, -0.2) is 17.4 Å². The van der Waals surface area contributed by atoms with E-state index in [9.17, 15) is 4.39 Å². The van der Waals surface area contributed by atoms with Crippen LogP contribution >= 0.6 is 0 Å². The van der Waals surface area contributed by atoms with E-state index in [2.05, 4.69) is 34.8 Å². The van der Waals surface area contributed by atoms with Crippen LogP contribution in [0.5, 0.6) is 5.75 Å². The minimum Gasteiger partial charge on any atom is -0.497 e. The van der Waals surface area contributed by atoms with Crippen LogP contribution < -0.4 is 4.74 Å². The van der Waals surface area contributed by atoms with Crippen molar-refractivity contribution in [3.8, 4) is 22.7 Å². The van der Waals surface area contributed by atoms with Gasteiger partial charge >= 0.3 is 0 Å². The maximum absolute atomic E-state index is 13.5. The normalized spacial score (nSPS) is 11.4. The van der Waals surface area contributed by atoms with Gasteiger partial charge in [0.2, 0.25) is 0 Å². The minimum atomic E-state index is -0.256. The van der Waals surface area contributed by atoms with Gasteiger partial charge < -0.3 is 14.1 Å². The quantitative estimate of drug-likeness (QED) is 0.247. The average Bonchev–Trinajstić information content (AvgIpc) is 3.17. The van der Waals surface area contributed by atoms with Crippen LogP contribution in [0.1, 0.15) is 23.7 Å². The molecular formula is C27H25FN2O2. The summed E-state index contributed by atoms with van der Waals surface area (Å²) in [6, 6.07) is 26.4. The van der Waals surface area contributed by atoms with Gasteiger partial charge in [-0.1, -0.05) is 35.5 Å². The fourth-order valence-electron chi connectivity index (χ4n) is 3.69. The smallest absolute Gasteiger partial charge is 0.142 e. The first-order chi connectivity index (χ1) is 15.6. The van der Waals surface area contributed by atoms with Gasteiger partial charge in [0, 0.05) is 16.9 Å². The van der Waals surface area contributed by atoms with Crippen LogP contribution in [0.25, 0.3) is 16.9 Å². The van der Waals surface area contributed by atoms with Crippen molar-refractivity contribution in [2.45, 2.75) is 20.5 Å². The molecule has 3 aromatic carbocycles. The lowest BCUT2D eigenvalue weighted by Gasteiger charge is -2.12. The predicted molar refractivity (Wildman–Crippen MR) is 126 cm³/mol. The van der Waals surface area contributed by atoms with Crippen LogP contribution in [-0.2, 0) is 11.4 Å². The zero-order chi connectivity index (χ0) is 22.5. The number of hydrogen-bond donors (Lipinski definition) is 0. The average molecular weight is 429 g/mol. The number of oxime groups is 1. The summed E-state index contributed by atoms with van der Waals surface area (Å²) < 4.78 is 20.9. The minimum absolute atomic E-state index is 0.256. The molecule has 4 aromatic rings. The number of methoxy groups -OCH3 is 1. The first kappa shape index (κ1) is 21.4. The highest BCUT2D eigenvalue weighted by Crippen LogP contribution is 2.30. The van der Waals surface area contributed by atoms with Crippen molar-refractivity contribution >= 4 is 5.71 Å². The number of benzene rings is 3. The molecule has 0 spiro atoms. The highest BCUT2D eigenvalue weighted by atomic mass is 19.1. The first-order valence-corrected chi connectivity index (χ1v) is 10.4. The van der Waals surface area contributed by atoms with Gasteiger partial charge in [0.25, 0.3) is 0 Å². The predicted octanol–water partition coefficient (Wildman–Crippen LogP) is 6.54. The Balaban J connectivity index is 1.65. The highest BCUT2D eigenvalue weighted by molar-refractivity contribution is 6.01. The molecule has 0 bridgehead atoms. The van der Waals surface area contributed by atoms with Crippen molar-refractivity contribution in [3.05, 3.63) is 108 Å². The van der Waals surface area contributed by atoms with Gasteiger partial charge in [0.15, 0.2) is 0 Å². The SMILES string of the molecule is COc1ccc(CON=C(C)c2cc(-c3ccc(F)cc3)n(-c3ccccc3)c2C)cc1. The molecule has 0 unspecified atom stereocenters. The van der Waals surface area contributed by atoms with Crippen LogP contribution in [0.15, 0.2) is 90.1 Å². The lowest BCUT2D eigenvalue weighted by atomic mass is 10.1. The molecule has 4 rings (SSSR count). The monoisotopic (exact) mass is 428 g/mol. The maximum atomic E-state index is 13.5. The lowest BCUT2D eigenvalue weighted by molar-refractivity contribution is 0.130. The Morgan fingerprint density at radius 3 is 2.28 bits per heavy atom. The standard InChI is InChI=1S/C27H25FN2O2/c1-19(29-32-18-21-9-15-25(31-3)16-10-21)26-17-27(22-11-13-23(28)14-12-22)30(20(26)2)24-7-5-4-6-8-24/h4-17H,18H2,1-3H3. The zero-order valence-electron chi connectivity index (χ0n) is 18.4. The second-order valence-corrected chi connectivity index (χ2v) is 7.50. The van der Waals surface area contributed by atoms with E-state index in [1.165, 1.54) is 12.1 Å². The van der Waals surface area contributed by atoms with Crippen molar-refractivity contribution in [2.24, 2.45) is 5.16 Å². The lowest BCUT2D eigenvalue weighted by Crippen LogP contribution is -2.02. The maximum Gasteiger partial charge on any atom is 0.142 e. The summed E-state index contributed by atoms with van der Waals surface area (Å²) in [4.78, 5) is 5.63. The Hall–Kier alpha value is -3.86. The number of ether oxygens (including phenoxy) is 1. The van der Waals surface area contributed by atoms with Gasteiger partial charge in [-0.05, 0) is 79.6 Å². The van der Waals surface area contributed by atoms with E-state index < -0.39 is 0 Å². The number of para-hydroxylation sites is 1. The van der Waals surface area contributed by atoms with E-state index in [4.69, 9.17) is 9.57 Å². The number of nitrogens with zero attached hydrogens (tertiary/aromatic N) is 2. The Morgan fingerprint density at radius 2 is 1.62 bits per heavy atom. The van der Waals surface area contributed by atoms with E-state index in [-0.39, 0.29) is 5.82 Å². The second-order valence-electron chi connectivity index (χ2n) is 7.50. The summed E-state index contributed by atoms with van der Waals surface area (Å²) in [5.41, 5.74) is 6.71. The number of halogens is 1. The van der Waals surface area contributed by atoms with Gasteiger partial charge in [-0.2, -0.15) is 0 Å². The van der Waals surface area contributed by atoms with Gasteiger partial charge in [-0.15, -0.1) is 0 Å². The molecule has 0 aliphatic heterocycles. The summed E-state index contributed by atoms with van der Waals surface area (Å²) in [5, 5.41) is 4.36. The van der Waals surface area contributed by atoms with Crippen molar-refractivity contribution in [1.82, 2.24) is 4.57 Å². The van der Waals surface area contributed by atoms with E-state index in [1.54, 1.807) is 19.2 Å². The zero-order valence-corrected chi connectivity index (χ0v) is 18.4. The third-order valence-electron chi connectivity index (χ3n) is 5.38. The summed E-state index contributed by atoms with van der Waals surface area (Å²) in [6.07, 6.45) is 0. The molecule has 0 fully saturated rings. The summed E-state index contributed by atoms with van der Waals surface area (Å²) in [5.74, 6) is 0.549. The largest absolute Gasteiger partial charge is 0.497 e. The van der Waals surface area contributed by atoms with Crippen molar-refractivity contribution in [1.29, 1.82) is 0 Å². The molecule has 0 aliphatic rings. The van der Waals surface area contributed by atoms with Gasteiger partial charge in [-0.25, -0.2) is 4.39 Å². The fourth-order valence-corrected chi connectivity index (χ4v) is 3.69. The van der Waals surface area contributed by atoms with Gasteiger partial charge in [-0.3, -0.25) is 0 Å². The fraction of sp³-hybridized carbons (Fsp3) is 0.148. The Labute approximate surface area is 187 Å². The van der Waals surface area contributed by atoms with E-state index in [0.717, 1.165) is 45.2 Å². The van der Waals surface area contributed by atoms with Crippen LogP contribution in [0.2, 0.25) is 0 Å². The van der Waals surface area contributed by atoms with E-state index in [1.807, 2.05) is 49.4 Å². The third-order valence-corrected chi connectivity index (χ3v) is 5.38. The molecule has 0 amide bonds. The van der Waals surface area contributed by atoms with Crippen LogP contribution in [0, 0.1) is 12.7 Å². The topological polar surface area (TPSA) is 35.8 Å². The summed E-state index contributed by atoms with van der Waals surface area (Å²) in [7, 11) is 1.64.